The van der Waals surface area contributed by atoms with E-state index >= 15 is 0 Å². The van der Waals surface area contributed by atoms with Crippen molar-refractivity contribution in [3.05, 3.63) is 12.2 Å². The molecule has 1 N–H and O–H groups in total. The van der Waals surface area contributed by atoms with Gasteiger partial charge in [-0.1, -0.05) is 13.5 Å². The number of esters is 1. The molecule has 0 bridgehead atoms. The zero-order chi connectivity index (χ0) is 13.6. The molecule has 17 heavy (non-hydrogen) atoms. The first-order chi connectivity index (χ1) is 7.65. The van der Waals surface area contributed by atoms with Crippen LogP contribution in [-0.2, 0) is 14.3 Å². The van der Waals surface area contributed by atoms with Gasteiger partial charge in [-0.15, -0.1) is 0 Å². The number of hydrogen-bond donors (Lipinski definition) is 1. The summed E-state index contributed by atoms with van der Waals surface area (Å²) in [6.07, 6.45) is -0.301. The molecule has 0 saturated carbocycles. The normalized spacial score (nSPS) is 12.9. The van der Waals surface area contributed by atoms with Gasteiger partial charge in [0.05, 0.1) is 27.6 Å². The summed E-state index contributed by atoms with van der Waals surface area (Å²) in [6.45, 7) is 5.83. The maximum Gasteiger partial charge on any atom is 0.333 e. The average Bonchev–Trinajstić information content (AvgIpc) is 2.12. The summed E-state index contributed by atoms with van der Waals surface area (Å²) in [5, 5.41) is 8.77. The Morgan fingerprint density at radius 3 is 2.24 bits per heavy atom. The Bertz CT molecular complexity index is 304. The fourth-order valence-corrected chi connectivity index (χ4v) is 1.33. The standard InChI is InChI=1S/C12H21NO4/c1-6-9(2)12(16)17-10(7-11(14)15)8-13(3,4)5/h10H,2,6-8H2,1,3-5H3/p+1. The molecule has 0 heterocycles. The van der Waals surface area contributed by atoms with Crippen molar-refractivity contribution in [3.8, 4) is 0 Å². The van der Waals surface area contributed by atoms with E-state index in [9.17, 15) is 9.59 Å². The number of hydrogen-bond acceptors (Lipinski definition) is 3. The first kappa shape index (κ1) is 15.6. The van der Waals surface area contributed by atoms with Gasteiger partial charge in [-0.2, -0.15) is 0 Å². The molecule has 0 radical (unpaired) electrons. The Morgan fingerprint density at radius 1 is 1.35 bits per heavy atom. The van der Waals surface area contributed by atoms with E-state index in [1.807, 2.05) is 21.1 Å². The third-order valence-electron chi connectivity index (χ3n) is 2.14. The predicted molar refractivity (Wildman–Crippen MR) is 64.5 cm³/mol. The van der Waals surface area contributed by atoms with Gasteiger partial charge >= 0.3 is 11.9 Å². The minimum atomic E-state index is -0.974. The second-order valence-corrected chi connectivity index (χ2v) is 5.06. The number of carboxylic acids is 1. The summed E-state index contributed by atoms with van der Waals surface area (Å²) in [5.74, 6) is -1.48. The third kappa shape index (κ3) is 7.52. The second-order valence-electron chi connectivity index (χ2n) is 5.06. The molecule has 0 aromatic rings. The van der Waals surface area contributed by atoms with Crippen molar-refractivity contribution in [1.82, 2.24) is 0 Å². The number of carboxylic acid groups (broad SMARTS) is 1. The number of quaternary nitrogens is 1. The highest BCUT2D eigenvalue weighted by molar-refractivity contribution is 5.87. The molecule has 0 aromatic carbocycles. The first-order valence-electron chi connectivity index (χ1n) is 5.56. The second kappa shape index (κ2) is 6.39. The van der Waals surface area contributed by atoms with Crippen LogP contribution in [0, 0.1) is 0 Å². The minimum absolute atomic E-state index is 0.182. The third-order valence-corrected chi connectivity index (χ3v) is 2.14. The van der Waals surface area contributed by atoms with E-state index in [4.69, 9.17) is 9.84 Å². The van der Waals surface area contributed by atoms with Gasteiger partial charge in [0.25, 0.3) is 0 Å². The zero-order valence-electron chi connectivity index (χ0n) is 11.0. The Kier molecular flexibility index (Phi) is 5.88. The highest BCUT2D eigenvalue weighted by Gasteiger charge is 2.25. The van der Waals surface area contributed by atoms with Crippen LogP contribution in [0.2, 0.25) is 0 Å². The monoisotopic (exact) mass is 244 g/mol. The molecule has 0 aliphatic heterocycles. The zero-order valence-corrected chi connectivity index (χ0v) is 11.0. The molecule has 5 heteroatoms. The molecule has 1 atom stereocenters. The van der Waals surface area contributed by atoms with Gasteiger partial charge in [0, 0.05) is 5.57 Å². The molecule has 0 aliphatic carbocycles. The van der Waals surface area contributed by atoms with Crippen LogP contribution in [0.25, 0.3) is 0 Å². The highest BCUT2D eigenvalue weighted by atomic mass is 16.5. The molecule has 0 saturated heterocycles. The number of ether oxygens (including phenoxy) is 1. The van der Waals surface area contributed by atoms with Crippen LogP contribution in [0.5, 0.6) is 0 Å². The fraction of sp³-hybridized carbons (Fsp3) is 0.667. The van der Waals surface area contributed by atoms with Gasteiger partial charge in [-0.3, -0.25) is 4.79 Å². The van der Waals surface area contributed by atoms with Gasteiger partial charge in [-0.05, 0) is 6.42 Å². The van der Waals surface area contributed by atoms with Crippen LogP contribution in [0.3, 0.4) is 0 Å². The molecule has 98 valence electrons. The van der Waals surface area contributed by atoms with E-state index in [-0.39, 0.29) is 6.42 Å². The van der Waals surface area contributed by atoms with Gasteiger partial charge in [0.15, 0.2) is 6.10 Å². The van der Waals surface area contributed by atoms with Crippen molar-refractivity contribution < 1.29 is 23.9 Å². The van der Waals surface area contributed by atoms with E-state index in [1.165, 1.54) is 0 Å². The van der Waals surface area contributed by atoms with Gasteiger partial charge in [-0.25, -0.2) is 4.79 Å². The lowest BCUT2D eigenvalue weighted by molar-refractivity contribution is -0.873. The van der Waals surface area contributed by atoms with Crippen LogP contribution in [0.4, 0.5) is 0 Å². The number of carbonyl (C=O) groups excluding carboxylic acids is 1. The van der Waals surface area contributed by atoms with E-state index < -0.39 is 18.0 Å². The number of rotatable bonds is 7. The van der Waals surface area contributed by atoms with Crippen LogP contribution in [0.15, 0.2) is 12.2 Å². The average molecular weight is 244 g/mol. The SMILES string of the molecule is C=C(CC)C(=O)OC(CC(=O)O)C[N+](C)(C)C. The molecule has 5 nitrogen and oxygen atoms in total. The Balaban J connectivity index is 4.54. The van der Waals surface area contributed by atoms with Gasteiger partial charge in [0.2, 0.25) is 0 Å². The Hall–Kier alpha value is -1.36. The number of likely N-dealkylation sites (N-methyl/N-ethyl adjacent to an activating group) is 1. The van der Waals surface area contributed by atoms with E-state index in [1.54, 1.807) is 6.92 Å². The molecule has 1 unspecified atom stereocenters. The van der Waals surface area contributed by atoms with Gasteiger partial charge < -0.3 is 14.3 Å². The molecule has 0 amide bonds. The van der Waals surface area contributed by atoms with Crippen LogP contribution in [-0.4, -0.2) is 55.3 Å². The van der Waals surface area contributed by atoms with Crippen molar-refractivity contribution in [3.63, 3.8) is 0 Å². The maximum atomic E-state index is 11.5. The number of nitrogens with zero attached hydrogens (tertiary/aromatic N) is 1. The minimum Gasteiger partial charge on any atom is -0.481 e. The summed E-state index contributed by atoms with van der Waals surface area (Å²) in [6, 6.07) is 0. The molecule has 0 aromatic heterocycles. The molecule has 0 rings (SSSR count). The van der Waals surface area contributed by atoms with Crippen molar-refractivity contribution in [2.45, 2.75) is 25.9 Å². The maximum absolute atomic E-state index is 11.5. The quantitative estimate of drug-likeness (QED) is 0.413. The van der Waals surface area contributed by atoms with Gasteiger partial charge in [0.1, 0.15) is 6.54 Å². The largest absolute Gasteiger partial charge is 0.481 e. The van der Waals surface area contributed by atoms with Crippen molar-refractivity contribution in [1.29, 1.82) is 0 Å². The van der Waals surface area contributed by atoms with E-state index in [0.29, 0.717) is 23.0 Å². The van der Waals surface area contributed by atoms with Crippen LogP contribution in [0.1, 0.15) is 19.8 Å². The molecule has 0 spiro atoms. The van der Waals surface area contributed by atoms with Crippen molar-refractivity contribution in [2.24, 2.45) is 0 Å². The summed E-state index contributed by atoms with van der Waals surface area (Å²) < 4.78 is 5.69. The summed E-state index contributed by atoms with van der Waals surface area (Å²) in [5.41, 5.74) is 0.363. The smallest absolute Gasteiger partial charge is 0.333 e. The lowest BCUT2D eigenvalue weighted by Crippen LogP contribution is -2.43. The van der Waals surface area contributed by atoms with Crippen LogP contribution < -0.4 is 0 Å². The molecule has 0 fully saturated rings. The number of carbonyl (C=O) groups is 2. The lowest BCUT2D eigenvalue weighted by Gasteiger charge is -2.28. The summed E-state index contributed by atoms with van der Waals surface area (Å²) >= 11 is 0. The summed E-state index contributed by atoms with van der Waals surface area (Å²) in [7, 11) is 5.74. The Labute approximate surface area is 102 Å². The van der Waals surface area contributed by atoms with E-state index in [2.05, 4.69) is 6.58 Å². The Morgan fingerprint density at radius 2 is 1.88 bits per heavy atom. The molecular weight excluding hydrogens is 222 g/mol. The van der Waals surface area contributed by atoms with E-state index in [0.717, 1.165) is 0 Å². The topological polar surface area (TPSA) is 63.6 Å². The van der Waals surface area contributed by atoms with Crippen molar-refractivity contribution in [2.75, 3.05) is 27.7 Å². The summed E-state index contributed by atoms with van der Waals surface area (Å²) in [4.78, 5) is 22.2. The van der Waals surface area contributed by atoms with Crippen LogP contribution >= 0.6 is 0 Å². The predicted octanol–water partition coefficient (Wildman–Crippen LogP) is 1.05. The van der Waals surface area contributed by atoms with Crippen molar-refractivity contribution >= 4 is 11.9 Å². The highest BCUT2D eigenvalue weighted by Crippen LogP contribution is 2.09. The lowest BCUT2D eigenvalue weighted by atomic mass is 10.2. The molecular formula is C12H22NO4+. The fourth-order valence-electron chi connectivity index (χ4n) is 1.33. The molecule has 0 aliphatic rings. The number of aliphatic carboxylic acids is 1. The first-order valence-corrected chi connectivity index (χ1v) is 5.56.